The second kappa shape index (κ2) is 5.75. The monoisotopic (exact) mass is 221 g/mol. The molecule has 0 radical (unpaired) electrons. The molecule has 0 saturated heterocycles. The van der Waals surface area contributed by atoms with E-state index in [4.69, 9.17) is 5.73 Å². The van der Waals surface area contributed by atoms with E-state index in [-0.39, 0.29) is 0 Å². The average Bonchev–Trinajstić information content (AvgIpc) is 2.25. The Morgan fingerprint density at radius 3 is 2.38 bits per heavy atom. The third-order valence-electron chi connectivity index (χ3n) is 2.78. The van der Waals surface area contributed by atoms with Crippen molar-refractivity contribution in [1.29, 1.82) is 0 Å². The van der Waals surface area contributed by atoms with Gasteiger partial charge in [-0.3, -0.25) is 0 Å². The van der Waals surface area contributed by atoms with Gasteiger partial charge in [0.1, 0.15) is 0 Å². The van der Waals surface area contributed by atoms with Gasteiger partial charge in [-0.15, -0.1) is 0 Å². The van der Waals surface area contributed by atoms with Crippen molar-refractivity contribution in [3.05, 3.63) is 23.8 Å². The topological polar surface area (TPSA) is 32.5 Å². The van der Waals surface area contributed by atoms with Gasteiger partial charge in [-0.2, -0.15) is 0 Å². The number of likely N-dealkylation sites (N-methyl/N-ethyl adjacent to an activating group) is 2. The minimum Gasteiger partial charge on any atom is -0.399 e. The van der Waals surface area contributed by atoms with Crippen LogP contribution in [0.15, 0.2) is 18.2 Å². The van der Waals surface area contributed by atoms with Gasteiger partial charge < -0.3 is 15.5 Å². The molecule has 0 unspecified atom stereocenters. The van der Waals surface area contributed by atoms with Crippen molar-refractivity contribution in [3.8, 4) is 0 Å². The highest BCUT2D eigenvalue weighted by molar-refractivity contribution is 5.59. The Kier molecular flexibility index (Phi) is 4.62. The van der Waals surface area contributed by atoms with Crippen molar-refractivity contribution in [2.45, 2.75) is 13.3 Å². The fourth-order valence-electron chi connectivity index (χ4n) is 1.73. The van der Waals surface area contributed by atoms with E-state index in [1.165, 1.54) is 11.3 Å². The Morgan fingerprint density at radius 2 is 1.81 bits per heavy atom. The maximum atomic E-state index is 5.80. The first-order valence-electron chi connectivity index (χ1n) is 5.79. The van der Waals surface area contributed by atoms with Crippen LogP contribution in [0.2, 0.25) is 0 Å². The van der Waals surface area contributed by atoms with Crippen LogP contribution in [0, 0.1) is 0 Å². The molecule has 0 aliphatic rings. The minimum atomic E-state index is 0.849. The molecule has 0 heterocycles. The average molecular weight is 221 g/mol. The van der Waals surface area contributed by atoms with Crippen molar-refractivity contribution in [2.75, 3.05) is 44.9 Å². The molecule has 0 aliphatic carbocycles. The van der Waals surface area contributed by atoms with E-state index in [9.17, 15) is 0 Å². The molecule has 0 aliphatic heterocycles. The molecular formula is C13H23N3. The first kappa shape index (κ1) is 12.8. The summed E-state index contributed by atoms with van der Waals surface area (Å²) in [6.07, 6.45) is 1.02. The summed E-state index contributed by atoms with van der Waals surface area (Å²) in [5, 5.41) is 0. The maximum absolute atomic E-state index is 5.80. The van der Waals surface area contributed by atoms with Crippen molar-refractivity contribution >= 4 is 11.4 Å². The van der Waals surface area contributed by atoms with Gasteiger partial charge in [0.05, 0.1) is 0 Å². The molecule has 0 bridgehead atoms. The van der Waals surface area contributed by atoms with Gasteiger partial charge in [-0.05, 0) is 44.3 Å². The number of aryl methyl sites for hydroxylation is 1. The summed E-state index contributed by atoms with van der Waals surface area (Å²) in [4.78, 5) is 4.48. The first-order chi connectivity index (χ1) is 7.54. The molecule has 0 atom stereocenters. The Balaban J connectivity index is 2.77. The molecule has 1 aromatic carbocycles. The number of nitrogens with zero attached hydrogens (tertiary/aromatic N) is 2. The predicted molar refractivity (Wildman–Crippen MR) is 72.1 cm³/mol. The van der Waals surface area contributed by atoms with Crippen molar-refractivity contribution in [3.63, 3.8) is 0 Å². The molecule has 0 spiro atoms. The summed E-state index contributed by atoms with van der Waals surface area (Å²) < 4.78 is 0. The van der Waals surface area contributed by atoms with E-state index in [2.05, 4.69) is 50.0 Å². The van der Waals surface area contributed by atoms with Crippen molar-refractivity contribution < 1.29 is 0 Å². The fourth-order valence-corrected chi connectivity index (χ4v) is 1.73. The zero-order chi connectivity index (χ0) is 12.1. The number of hydrogen-bond donors (Lipinski definition) is 1. The second-order valence-electron chi connectivity index (χ2n) is 4.47. The molecule has 1 aromatic rings. The molecule has 90 valence electrons. The number of anilines is 2. The molecule has 1 rings (SSSR count). The maximum Gasteiger partial charge on any atom is 0.0398 e. The number of hydrogen-bond acceptors (Lipinski definition) is 3. The lowest BCUT2D eigenvalue weighted by Gasteiger charge is -2.24. The molecule has 0 aromatic heterocycles. The first-order valence-corrected chi connectivity index (χ1v) is 5.79. The minimum absolute atomic E-state index is 0.849. The van der Waals surface area contributed by atoms with E-state index in [0.717, 1.165) is 25.2 Å². The highest BCUT2D eigenvalue weighted by atomic mass is 15.2. The van der Waals surface area contributed by atoms with Crippen LogP contribution in [0.4, 0.5) is 11.4 Å². The third-order valence-corrected chi connectivity index (χ3v) is 2.78. The van der Waals surface area contributed by atoms with Crippen molar-refractivity contribution in [1.82, 2.24) is 4.90 Å². The van der Waals surface area contributed by atoms with Crippen LogP contribution in [-0.2, 0) is 6.42 Å². The highest BCUT2D eigenvalue weighted by Crippen LogP contribution is 2.22. The van der Waals surface area contributed by atoms with E-state index < -0.39 is 0 Å². The summed E-state index contributed by atoms with van der Waals surface area (Å²) in [7, 11) is 6.32. The number of nitrogens with two attached hydrogens (primary N) is 1. The molecule has 0 amide bonds. The smallest absolute Gasteiger partial charge is 0.0398 e. The molecule has 3 heteroatoms. The van der Waals surface area contributed by atoms with Crippen LogP contribution in [0.5, 0.6) is 0 Å². The zero-order valence-corrected chi connectivity index (χ0v) is 10.8. The number of nitrogen functional groups attached to an aromatic ring is 1. The summed E-state index contributed by atoms with van der Waals surface area (Å²) in [5.41, 5.74) is 9.26. The Labute approximate surface area is 98.8 Å². The van der Waals surface area contributed by atoms with E-state index in [1.54, 1.807) is 0 Å². The van der Waals surface area contributed by atoms with Crippen LogP contribution in [0.1, 0.15) is 12.5 Å². The van der Waals surface area contributed by atoms with Gasteiger partial charge in [0.2, 0.25) is 0 Å². The predicted octanol–water partition coefficient (Wildman–Crippen LogP) is 1.83. The lowest BCUT2D eigenvalue weighted by molar-refractivity contribution is 0.416. The molecule has 2 N–H and O–H groups in total. The largest absolute Gasteiger partial charge is 0.399 e. The second-order valence-corrected chi connectivity index (χ2v) is 4.47. The Morgan fingerprint density at radius 1 is 1.12 bits per heavy atom. The third kappa shape index (κ3) is 3.42. The van der Waals surface area contributed by atoms with Crippen LogP contribution in [-0.4, -0.2) is 39.1 Å². The van der Waals surface area contributed by atoms with Gasteiger partial charge >= 0.3 is 0 Å². The van der Waals surface area contributed by atoms with Crippen LogP contribution >= 0.6 is 0 Å². The van der Waals surface area contributed by atoms with E-state index in [1.807, 2.05) is 6.07 Å². The quantitative estimate of drug-likeness (QED) is 0.770. The SMILES string of the molecule is CCc1cc(N)ccc1N(C)CCN(C)C. The zero-order valence-electron chi connectivity index (χ0n) is 10.8. The Hall–Kier alpha value is -1.22. The summed E-state index contributed by atoms with van der Waals surface area (Å²) in [5.74, 6) is 0. The molecule has 16 heavy (non-hydrogen) atoms. The highest BCUT2D eigenvalue weighted by Gasteiger charge is 2.06. The number of benzene rings is 1. The summed E-state index contributed by atoms with van der Waals surface area (Å²) in [6.45, 7) is 4.26. The van der Waals surface area contributed by atoms with E-state index in [0.29, 0.717) is 0 Å². The molecule has 0 saturated carbocycles. The van der Waals surface area contributed by atoms with Gasteiger partial charge in [0, 0.05) is 31.5 Å². The van der Waals surface area contributed by atoms with Gasteiger partial charge in [-0.25, -0.2) is 0 Å². The normalized spacial score (nSPS) is 10.8. The van der Waals surface area contributed by atoms with Crippen LogP contribution in [0.25, 0.3) is 0 Å². The van der Waals surface area contributed by atoms with Gasteiger partial charge in [0.25, 0.3) is 0 Å². The lowest BCUT2D eigenvalue weighted by atomic mass is 10.1. The van der Waals surface area contributed by atoms with E-state index >= 15 is 0 Å². The van der Waals surface area contributed by atoms with Crippen LogP contribution < -0.4 is 10.6 Å². The Bertz CT molecular complexity index is 334. The standard InChI is InChI=1S/C13H23N3/c1-5-11-10-12(14)6-7-13(11)16(4)9-8-15(2)3/h6-7,10H,5,8-9,14H2,1-4H3. The van der Waals surface area contributed by atoms with Gasteiger partial charge in [0.15, 0.2) is 0 Å². The summed E-state index contributed by atoms with van der Waals surface area (Å²) >= 11 is 0. The molecule has 3 nitrogen and oxygen atoms in total. The number of rotatable bonds is 5. The fraction of sp³-hybridized carbons (Fsp3) is 0.538. The lowest BCUT2D eigenvalue weighted by Crippen LogP contribution is -2.29. The van der Waals surface area contributed by atoms with Gasteiger partial charge in [-0.1, -0.05) is 6.92 Å². The van der Waals surface area contributed by atoms with Crippen LogP contribution in [0.3, 0.4) is 0 Å². The molecule has 0 fully saturated rings. The van der Waals surface area contributed by atoms with Crippen molar-refractivity contribution in [2.24, 2.45) is 0 Å². The molecular weight excluding hydrogens is 198 g/mol. The summed E-state index contributed by atoms with van der Waals surface area (Å²) in [6, 6.07) is 6.16.